The summed E-state index contributed by atoms with van der Waals surface area (Å²) in [5.41, 5.74) is 3.55. The van der Waals surface area contributed by atoms with Gasteiger partial charge in [-0.15, -0.1) is 0 Å². The number of hydrogen-bond acceptors (Lipinski definition) is 6. The van der Waals surface area contributed by atoms with E-state index in [-0.39, 0.29) is 15.9 Å². The minimum absolute atomic E-state index is 0.133. The smallest absolute Gasteiger partial charge is 0.267 e. The first-order chi connectivity index (χ1) is 14.1. The van der Waals surface area contributed by atoms with Crippen molar-refractivity contribution in [3.05, 3.63) is 63.7 Å². The van der Waals surface area contributed by atoms with E-state index < -0.39 is 10.0 Å². The number of carbonyl (C=O) groups excluding carboxylic acids is 1. The average molecular weight is 446 g/mol. The molecule has 0 saturated heterocycles. The lowest BCUT2D eigenvalue weighted by Crippen LogP contribution is -2.14. The predicted octanol–water partition coefficient (Wildman–Crippen LogP) is 4.44. The lowest BCUT2D eigenvalue weighted by molar-refractivity contribution is 0.102. The van der Waals surface area contributed by atoms with Crippen molar-refractivity contribution in [3.8, 4) is 5.75 Å². The van der Waals surface area contributed by atoms with Crippen molar-refractivity contribution in [2.45, 2.75) is 32.6 Å². The molecular formula is C21H23N3O4S2. The molecule has 0 fully saturated rings. The first kappa shape index (κ1) is 21.8. The van der Waals surface area contributed by atoms with Crippen LogP contribution in [0.15, 0.2) is 41.3 Å². The molecule has 3 rings (SSSR count). The number of methoxy groups -OCH3 is 1. The summed E-state index contributed by atoms with van der Waals surface area (Å²) in [6, 6.07) is 10.6. The molecule has 0 aliphatic heterocycles. The van der Waals surface area contributed by atoms with Gasteiger partial charge >= 0.3 is 0 Å². The Morgan fingerprint density at radius 3 is 2.37 bits per heavy atom. The van der Waals surface area contributed by atoms with Crippen LogP contribution in [0.5, 0.6) is 5.75 Å². The third kappa shape index (κ3) is 4.63. The molecule has 0 atom stereocenters. The first-order valence-corrected chi connectivity index (χ1v) is 11.4. The fourth-order valence-electron chi connectivity index (χ4n) is 3.02. The highest BCUT2D eigenvalue weighted by Crippen LogP contribution is 2.29. The number of aromatic nitrogens is 1. The Morgan fingerprint density at radius 2 is 1.70 bits per heavy atom. The van der Waals surface area contributed by atoms with E-state index in [1.54, 1.807) is 44.2 Å². The fourth-order valence-corrected chi connectivity index (χ4v) is 5.34. The first-order valence-electron chi connectivity index (χ1n) is 9.14. The van der Waals surface area contributed by atoms with Crippen molar-refractivity contribution in [1.82, 2.24) is 4.98 Å². The van der Waals surface area contributed by atoms with Crippen molar-refractivity contribution in [3.63, 3.8) is 0 Å². The van der Waals surface area contributed by atoms with E-state index in [0.717, 1.165) is 22.5 Å². The number of hydrogen-bond donors (Lipinski definition) is 2. The van der Waals surface area contributed by atoms with Crippen molar-refractivity contribution in [2.24, 2.45) is 0 Å². The minimum Gasteiger partial charge on any atom is -0.495 e. The lowest BCUT2D eigenvalue weighted by atomic mass is 10.2. The summed E-state index contributed by atoms with van der Waals surface area (Å²) in [5, 5.41) is 2.95. The molecule has 0 unspecified atom stereocenters. The zero-order chi connectivity index (χ0) is 22.1. The maximum absolute atomic E-state index is 12.8. The molecule has 0 spiro atoms. The van der Waals surface area contributed by atoms with Gasteiger partial charge in [0, 0.05) is 0 Å². The summed E-state index contributed by atoms with van der Waals surface area (Å²) < 4.78 is 33.3. The lowest BCUT2D eigenvalue weighted by Gasteiger charge is -2.10. The van der Waals surface area contributed by atoms with Crippen LogP contribution in [-0.2, 0) is 10.0 Å². The molecule has 3 aromatic rings. The van der Waals surface area contributed by atoms with Crippen LogP contribution in [0.25, 0.3) is 0 Å². The quantitative estimate of drug-likeness (QED) is 0.585. The van der Waals surface area contributed by atoms with Gasteiger partial charge in [0.1, 0.15) is 10.6 Å². The molecular weight excluding hydrogens is 422 g/mol. The molecule has 9 heteroatoms. The highest BCUT2D eigenvalue weighted by molar-refractivity contribution is 7.93. The van der Waals surface area contributed by atoms with Crippen molar-refractivity contribution in [2.75, 3.05) is 17.1 Å². The van der Waals surface area contributed by atoms with Crippen LogP contribution in [0.3, 0.4) is 0 Å². The normalized spacial score (nSPS) is 11.2. The summed E-state index contributed by atoms with van der Waals surface area (Å²) in [5.74, 6) is 0.151. The second-order valence-corrected chi connectivity index (χ2v) is 9.62. The number of benzene rings is 2. The van der Waals surface area contributed by atoms with Gasteiger partial charge in [-0.25, -0.2) is 13.4 Å². The number of carbonyl (C=O) groups is 1. The number of aryl methyl sites for hydroxylation is 4. The van der Waals surface area contributed by atoms with Crippen molar-refractivity contribution < 1.29 is 17.9 Å². The number of nitrogens with one attached hydrogen (secondary N) is 2. The second kappa shape index (κ2) is 8.45. The van der Waals surface area contributed by atoms with E-state index in [0.29, 0.717) is 27.6 Å². The van der Waals surface area contributed by atoms with E-state index in [9.17, 15) is 13.2 Å². The van der Waals surface area contributed by atoms with Crippen LogP contribution < -0.4 is 14.8 Å². The Hall–Kier alpha value is -2.91. The van der Waals surface area contributed by atoms with Crippen molar-refractivity contribution >= 4 is 38.1 Å². The molecule has 0 aliphatic carbocycles. The molecule has 2 N–H and O–H groups in total. The van der Waals surface area contributed by atoms with Gasteiger partial charge in [0.25, 0.3) is 15.9 Å². The number of amides is 1. The second-order valence-electron chi connectivity index (χ2n) is 6.97. The monoisotopic (exact) mass is 445 g/mol. The Balaban J connectivity index is 1.85. The fraction of sp³-hybridized carbons (Fsp3) is 0.238. The van der Waals surface area contributed by atoms with Crippen LogP contribution in [0.1, 0.15) is 32.1 Å². The van der Waals surface area contributed by atoms with Gasteiger partial charge in [-0.3, -0.25) is 9.52 Å². The Labute approximate surface area is 180 Å². The van der Waals surface area contributed by atoms with Gasteiger partial charge in [0.05, 0.1) is 23.4 Å². The standard InChI is InChI=1S/C21H23N3O4S2/c1-12-7-9-18(14(3)10-12)30(26,27)24-21-22-15(4)19(29-21)20(25)23-16-11-13(2)6-8-17(16)28-5/h6-11H,1-5H3,(H,22,24)(H,23,25). The molecule has 1 heterocycles. The summed E-state index contributed by atoms with van der Waals surface area (Å²) in [6.07, 6.45) is 0. The average Bonchev–Trinajstić information content (AvgIpc) is 3.01. The minimum atomic E-state index is -3.82. The van der Waals surface area contributed by atoms with Gasteiger partial charge in [0.15, 0.2) is 5.13 Å². The molecule has 2 aromatic carbocycles. The third-order valence-electron chi connectivity index (χ3n) is 4.45. The summed E-state index contributed by atoms with van der Waals surface area (Å²) in [6.45, 7) is 7.21. The summed E-state index contributed by atoms with van der Waals surface area (Å²) in [4.78, 5) is 17.5. The zero-order valence-electron chi connectivity index (χ0n) is 17.4. The highest BCUT2D eigenvalue weighted by atomic mass is 32.2. The van der Waals surface area contributed by atoms with E-state index in [1.807, 2.05) is 19.9 Å². The molecule has 158 valence electrons. The van der Waals surface area contributed by atoms with E-state index >= 15 is 0 Å². The van der Waals surface area contributed by atoms with Gasteiger partial charge in [-0.2, -0.15) is 0 Å². The molecule has 0 saturated carbocycles. The van der Waals surface area contributed by atoms with Gasteiger partial charge < -0.3 is 10.1 Å². The van der Waals surface area contributed by atoms with Crippen LogP contribution in [0.2, 0.25) is 0 Å². The van der Waals surface area contributed by atoms with Crippen LogP contribution in [-0.4, -0.2) is 26.4 Å². The topological polar surface area (TPSA) is 97.4 Å². The number of rotatable bonds is 6. The van der Waals surface area contributed by atoms with Gasteiger partial charge in [0.2, 0.25) is 0 Å². The maximum Gasteiger partial charge on any atom is 0.267 e. The predicted molar refractivity (Wildman–Crippen MR) is 119 cm³/mol. The highest BCUT2D eigenvalue weighted by Gasteiger charge is 2.22. The molecule has 1 amide bonds. The number of ether oxygens (including phenoxy) is 1. The van der Waals surface area contributed by atoms with Gasteiger partial charge in [-0.05, 0) is 57.0 Å². The molecule has 1 aromatic heterocycles. The molecule has 30 heavy (non-hydrogen) atoms. The van der Waals surface area contributed by atoms with Gasteiger partial charge in [-0.1, -0.05) is 35.1 Å². The van der Waals surface area contributed by atoms with E-state index in [1.165, 1.54) is 7.11 Å². The van der Waals surface area contributed by atoms with Crippen LogP contribution in [0.4, 0.5) is 10.8 Å². The Bertz CT molecular complexity index is 1220. The summed E-state index contributed by atoms with van der Waals surface area (Å²) >= 11 is 0.981. The maximum atomic E-state index is 12.8. The Kier molecular flexibility index (Phi) is 6.14. The SMILES string of the molecule is COc1ccc(C)cc1NC(=O)c1sc(NS(=O)(=O)c2ccc(C)cc2C)nc1C. The van der Waals surface area contributed by atoms with Crippen molar-refractivity contribution in [1.29, 1.82) is 0 Å². The van der Waals surface area contributed by atoms with E-state index in [4.69, 9.17) is 4.74 Å². The third-order valence-corrected chi connectivity index (χ3v) is 7.15. The number of nitrogens with zero attached hydrogens (tertiary/aromatic N) is 1. The van der Waals surface area contributed by atoms with Crippen LogP contribution in [0, 0.1) is 27.7 Å². The zero-order valence-corrected chi connectivity index (χ0v) is 19.0. The molecule has 7 nitrogen and oxygen atoms in total. The number of thiazole rings is 1. The molecule has 0 radical (unpaired) electrons. The molecule has 0 bridgehead atoms. The van der Waals surface area contributed by atoms with Crippen LogP contribution >= 0.6 is 11.3 Å². The number of anilines is 2. The summed E-state index contributed by atoms with van der Waals surface area (Å²) in [7, 11) is -2.29. The number of sulfonamides is 1. The Morgan fingerprint density at radius 1 is 1.03 bits per heavy atom. The molecule has 0 aliphatic rings. The van der Waals surface area contributed by atoms with E-state index in [2.05, 4.69) is 15.0 Å². The largest absolute Gasteiger partial charge is 0.495 e.